The van der Waals surface area contributed by atoms with E-state index in [1.165, 1.54) is 12.1 Å². The number of benzene rings is 2. The predicted octanol–water partition coefficient (Wildman–Crippen LogP) is -3.94. The lowest BCUT2D eigenvalue weighted by atomic mass is 10.0. The zero-order chi connectivity index (χ0) is 36.5. The molecule has 18 nitrogen and oxygen atoms in total. The average Bonchev–Trinajstić information content (AvgIpc) is 3.04. The van der Waals surface area contributed by atoms with Crippen molar-refractivity contribution < 1.29 is 39.0 Å². The largest absolute Gasteiger partial charge is 0.508 e. The van der Waals surface area contributed by atoms with Crippen LogP contribution in [0.4, 0.5) is 0 Å². The summed E-state index contributed by atoms with van der Waals surface area (Å²) >= 11 is 0. The van der Waals surface area contributed by atoms with Gasteiger partial charge in [0.25, 0.3) is 0 Å². The average molecular weight is 685 g/mol. The lowest BCUT2D eigenvalue weighted by Gasteiger charge is -2.26. The lowest BCUT2D eigenvalue weighted by Crippen LogP contribution is -2.60. The summed E-state index contributed by atoms with van der Waals surface area (Å²) in [6.07, 6.45) is -0.366. The molecule has 0 aliphatic heterocycles. The lowest BCUT2D eigenvalue weighted by molar-refractivity contribution is -0.135. The van der Waals surface area contributed by atoms with Crippen LogP contribution < -0.4 is 49.5 Å². The second kappa shape index (κ2) is 19.8. The van der Waals surface area contributed by atoms with E-state index in [-0.39, 0.29) is 43.9 Å². The van der Waals surface area contributed by atoms with Crippen molar-refractivity contribution in [2.24, 2.45) is 22.9 Å². The number of carbonyl (C=O) groups is 6. The third-order valence-electron chi connectivity index (χ3n) is 7.14. The van der Waals surface area contributed by atoms with Crippen molar-refractivity contribution in [3.8, 4) is 5.75 Å². The van der Waals surface area contributed by atoms with E-state index in [4.69, 9.17) is 28.3 Å². The van der Waals surface area contributed by atoms with E-state index in [2.05, 4.69) is 26.6 Å². The molecule has 16 N–H and O–H groups in total. The molecule has 266 valence electrons. The van der Waals surface area contributed by atoms with Crippen LogP contribution in [0.5, 0.6) is 5.75 Å². The molecule has 49 heavy (non-hydrogen) atoms. The SMILES string of the molecule is N=C(N)NCCCC(NC(=O)C(Cc1ccccc1)NC(=O)C(CO)NC(=O)C(N)CC(N)=O)C(=O)NC(Cc1ccc(O)cc1)C(N)=O. The Morgan fingerprint density at radius 1 is 0.694 bits per heavy atom. The van der Waals surface area contributed by atoms with Crippen LogP contribution in [0.15, 0.2) is 54.6 Å². The number of hydrogen-bond donors (Lipinski definition) is 12. The Morgan fingerprint density at radius 3 is 1.78 bits per heavy atom. The molecule has 0 saturated heterocycles. The first-order chi connectivity index (χ1) is 23.2. The zero-order valence-corrected chi connectivity index (χ0v) is 26.7. The number of carbonyl (C=O) groups excluding carboxylic acids is 6. The Balaban J connectivity index is 2.29. The molecule has 2 aromatic rings. The standard InChI is InChI=1S/C31H44N10O8/c32-20(15-25(33)44)27(46)41-24(16-42)30(49)40-23(14-17-5-2-1-3-6-17)29(48)38-21(7-4-12-37-31(35)36)28(47)39-22(26(34)45)13-18-8-10-19(43)11-9-18/h1-3,5-6,8-11,20-24,42-43H,4,7,12-16,32H2,(H2,33,44)(H2,34,45)(H,38,48)(H,39,47)(H,40,49)(H,41,46)(H4,35,36,37). The molecular weight excluding hydrogens is 640 g/mol. The maximum Gasteiger partial charge on any atom is 0.245 e. The second-order valence-corrected chi connectivity index (χ2v) is 11.1. The molecule has 5 unspecified atom stereocenters. The minimum absolute atomic E-state index is 0.00161. The summed E-state index contributed by atoms with van der Waals surface area (Å²) in [6, 6.07) is 7.71. The summed E-state index contributed by atoms with van der Waals surface area (Å²) < 4.78 is 0. The third kappa shape index (κ3) is 14.3. The molecule has 0 bridgehead atoms. The van der Waals surface area contributed by atoms with Crippen LogP contribution in [0.2, 0.25) is 0 Å². The monoisotopic (exact) mass is 684 g/mol. The predicted molar refractivity (Wildman–Crippen MR) is 177 cm³/mol. The number of aromatic hydroxyl groups is 1. The zero-order valence-electron chi connectivity index (χ0n) is 26.7. The van der Waals surface area contributed by atoms with E-state index in [1.54, 1.807) is 42.5 Å². The smallest absolute Gasteiger partial charge is 0.245 e. The molecule has 2 aromatic carbocycles. The Hall–Kier alpha value is -5.75. The van der Waals surface area contributed by atoms with Crippen LogP contribution in [-0.4, -0.2) is 95.0 Å². The Kier molecular flexibility index (Phi) is 15.9. The van der Waals surface area contributed by atoms with Gasteiger partial charge in [-0.2, -0.15) is 0 Å². The van der Waals surface area contributed by atoms with Crippen molar-refractivity contribution in [1.82, 2.24) is 26.6 Å². The van der Waals surface area contributed by atoms with Gasteiger partial charge in [0.15, 0.2) is 5.96 Å². The summed E-state index contributed by atoms with van der Waals surface area (Å²) in [5, 5.41) is 39.2. The van der Waals surface area contributed by atoms with Crippen LogP contribution in [-0.2, 0) is 41.6 Å². The van der Waals surface area contributed by atoms with Gasteiger partial charge in [0.2, 0.25) is 35.4 Å². The topological polar surface area (TPSA) is 331 Å². The van der Waals surface area contributed by atoms with E-state index in [0.717, 1.165) is 0 Å². The fourth-order valence-electron chi connectivity index (χ4n) is 4.55. The van der Waals surface area contributed by atoms with Gasteiger partial charge >= 0.3 is 0 Å². The normalized spacial score (nSPS) is 13.8. The molecule has 18 heteroatoms. The maximum atomic E-state index is 13.7. The first-order valence-corrected chi connectivity index (χ1v) is 15.2. The van der Waals surface area contributed by atoms with Crippen molar-refractivity contribution in [3.63, 3.8) is 0 Å². The van der Waals surface area contributed by atoms with Gasteiger partial charge in [0.1, 0.15) is 29.9 Å². The van der Waals surface area contributed by atoms with E-state index >= 15 is 0 Å². The second-order valence-electron chi connectivity index (χ2n) is 11.1. The molecule has 0 aromatic heterocycles. The summed E-state index contributed by atoms with van der Waals surface area (Å²) in [4.78, 5) is 76.2. The van der Waals surface area contributed by atoms with Crippen molar-refractivity contribution in [2.45, 2.75) is 62.3 Å². The third-order valence-corrected chi connectivity index (χ3v) is 7.14. The van der Waals surface area contributed by atoms with Gasteiger partial charge in [-0.25, -0.2) is 0 Å². The summed E-state index contributed by atoms with van der Waals surface area (Å²) in [6.45, 7) is -0.716. The number of nitrogens with one attached hydrogen (secondary N) is 6. The van der Waals surface area contributed by atoms with Gasteiger partial charge in [0.05, 0.1) is 19.1 Å². The number of amides is 6. The number of primary amides is 2. The van der Waals surface area contributed by atoms with E-state index in [9.17, 15) is 39.0 Å². The Bertz CT molecular complexity index is 1460. The number of nitrogens with two attached hydrogens (primary N) is 4. The van der Waals surface area contributed by atoms with Gasteiger partial charge in [-0.1, -0.05) is 42.5 Å². The quantitative estimate of drug-likeness (QED) is 0.0363. The van der Waals surface area contributed by atoms with E-state index in [1.807, 2.05) is 0 Å². The summed E-state index contributed by atoms with van der Waals surface area (Å²) in [5.41, 5.74) is 22.8. The summed E-state index contributed by atoms with van der Waals surface area (Å²) in [7, 11) is 0. The highest BCUT2D eigenvalue weighted by Crippen LogP contribution is 2.12. The van der Waals surface area contributed by atoms with Crippen LogP contribution in [0.1, 0.15) is 30.4 Å². The number of phenols is 1. The highest BCUT2D eigenvalue weighted by atomic mass is 16.3. The number of aliphatic hydroxyl groups excluding tert-OH is 1. The highest BCUT2D eigenvalue weighted by Gasteiger charge is 2.32. The highest BCUT2D eigenvalue weighted by molar-refractivity contribution is 5.96. The molecule has 2 rings (SSSR count). The van der Waals surface area contributed by atoms with Crippen LogP contribution in [0.3, 0.4) is 0 Å². The number of rotatable bonds is 20. The van der Waals surface area contributed by atoms with E-state index in [0.29, 0.717) is 11.1 Å². The van der Waals surface area contributed by atoms with Gasteiger partial charge in [-0.15, -0.1) is 0 Å². The first-order valence-electron chi connectivity index (χ1n) is 15.2. The number of guanidine groups is 1. The number of aliphatic hydroxyl groups is 1. The molecule has 5 atom stereocenters. The molecule has 6 amide bonds. The first kappa shape index (κ1) is 39.4. The molecule has 0 saturated carbocycles. The van der Waals surface area contributed by atoms with Crippen molar-refractivity contribution in [3.05, 3.63) is 65.7 Å². The molecular formula is C31H44N10O8. The molecule has 0 aliphatic rings. The summed E-state index contributed by atoms with van der Waals surface area (Å²) in [5.74, 6) is -5.51. The van der Waals surface area contributed by atoms with Crippen molar-refractivity contribution in [2.75, 3.05) is 13.2 Å². The Labute approximate surface area is 282 Å². The van der Waals surface area contributed by atoms with Crippen LogP contribution >= 0.6 is 0 Å². The van der Waals surface area contributed by atoms with Gasteiger partial charge in [-0.05, 0) is 36.1 Å². The molecule has 0 radical (unpaired) electrons. The van der Waals surface area contributed by atoms with Gasteiger partial charge in [0, 0.05) is 19.4 Å². The number of phenolic OH excluding ortho intramolecular Hbond substituents is 1. The number of hydrogen-bond acceptors (Lipinski definition) is 10. The van der Waals surface area contributed by atoms with Gasteiger partial charge < -0.3 is 59.7 Å². The van der Waals surface area contributed by atoms with E-state index < -0.39 is 78.7 Å². The molecule has 0 spiro atoms. The van der Waals surface area contributed by atoms with Crippen LogP contribution in [0.25, 0.3) is 0 Å². The van der Waals surface area contributed by atoms with Crippen molar-refractivity contribution in [1.29, 1.82) is 5.41 Å². The molecule has 0 aliphatic carbocycles. The van der Waals surface area contributed by atoms with Gasteiger partial charge in [-0.3, -0.25) is 34.2 Å². The fourth-order valence-corrected chi connectivity index (χ4v) is 4.55. The maximum absolute atomic E-state index is 13.7. The molecule has 0 fully saturated rings. The minimum atomic E-state index is -1.56. The fraction of sp³-hybridized carbons (Fsp3) is 0.387. The van der Waals surface area contributed by atoms with Crippen LogP contribution in [0, 0.1) is 5.41 Å². The van der Waals surface area contributed by atoms with Crippen molar-refractivity contribution >= 4 is 41.4 Å². The molecule has 0 heterocycles. The minimum Gasteiger partial charge on any atom is -0.508 e. The Morgan fingerprint density at radius 2 is 1.20 bits per heavy atom.